The number of aryl methyl sites for hydroxylation is 2. The zero-order valence-corrected chi connectivity index (χ0v) is 14.8. The molecule has 0 radical (unpaired) electrons. The van der Waals surface area contributed by atoms with E-state index >= 15 is 0 Å². The molecule has 1 aromatic rings. The predicted molar refractivity (Wildman–Crippen MR) is 98.2 cm³/mol. The van der Waals surface area contributed by atoms with Crippen LogP contribution in [0.1, 0.15) is 23.1 Å². The van der Waals surface area contributed by atoms with Gasteiger partial charge in [-0.25, -0.2) is 0 Å². The quantitative estimate of drug-likeness (QED) is 0.305. The van der Waals surface area contributed by atoms with E-state index in [0.717, 1.165) is 51.4 Å². The van der Waals surface area contributed by atoms with E-state index in [0.29, 0.717) is 5.11 Å². The van der Waals surface area contributed by atoms with E-state index in [9.17, 15) is 0 Å². The van der Waals surface area contributed by atoms with Crippen LogP contribution in [0, 0.1) is 13.8 Å². The lowest BCUT2D eigenvalue weighted by molar-refractivity contribution is -0.908. The Morgan fingerprint density at radius 1 is 1.35 bits per heavy atom. The molecule has 0 saturated carbocycles. The smallest absolute Gasteiger partial charge is 0.186 e. The Hall–Kier alpha value is -1.50. The maximum absolute atomic E-state index is 5.36. The summed E-state index contributed by atoms with van der Waals surface area (Å²) in [5.41, 5.74) is 6.41. The van der Waals surface area contributed by atoms with Crippen LogP contribution in [0.15, 0.2) is 23.3 Å². The molecule has 1 aliphatic rings. The summed E-state index contributed by atoms with van der Waals surface area (Å²) in [7, 11) is 0. The van der Waals surface area contributed by atoms with Crippen LogP contribution in [-0.4, -0.2) is 50.7 Å². The third-order valence-corrected chi connectivity index (χ3v) is 4.23. The number of quaternary nitrogens is 1. The van der Waals surface area contributed by atoms with Crippen LogP contribution in [-0.2, 0) is 4.74 Å². The molecule has 1 heterocycles. The second kappa shape index (κ2) is 9.60. The second-order valence-corrected chi connectivity index (χ2v) is 6.36. The zero-order valence-electron chi connectivity index (χ0n) is 14.0. The van der Waals surface area contributed by atoms with Gasteiger partial charge in [0.1, 0.15) is 13.1 Å². The van der Waals surface area contributed by atoms with Gasteiger partial charge in [0, 0.05) is 13.0 Å². The molecule has 0 amide bonds. The monoisotopic (exact) mass is 335 g/mol. The van der Waals surface area contributed by atoms with Crippen molar-refractivity contribution in [3.8, 4) is 0 Å². The van der Waals surface area contributed by atoms with Crippen molar-refractivity contribution in [3.63, 3.8) is 0 Å². The van der Waals surface area contributed by atoms with Gasteiger partial charge < -0.3 is 15.0 Å². The molecule has 2 rings (SSSR count). The van der Waals surface area contributed by atoms with Crippen molar-refractivity contribution in [2.75, 3.05) is 39.4 Å². The van der Waals surface area contributed by atoms with Gasteiger partial charge in [0.25, 0.3) is 0 Å². The van der Waals surface area contributed by atoms with Gasteiger partial charge in [-0.3, -0.25) is 5.43 Å². The number of hydrazone groups is 1. The molecule has 1 aliphatic heterocycles. The summed E-state index contributed by atoms with van der Waals surface area (Å²) in [6, 6.07) is 6.31. The zero-order chi connectivity index (χ0) is 16.5. The first-order valence-electron chi connectivity index (χ1n) is 8.20. The van der Waals surface area contributed by atoms with Crippen LogP contribution in [0.3, 0.4) is 0 Å². The van der Waals surface area contributed by atoms with Crippen LogP contribution < -0.4 is 15.6 Å². The van der Waals surface area contributed by atoms with Gasteiger partial charge in [-0.15, -0.1) is 0 Å². The second-order valence-electron chi connectivity index (χ2n) is 5.95. The summed E-state index contributed by atoms with van der Waals surface area (Å²) in [5.74, 6) is 0. The average Bonchev–Trinajstić information content (AvgIpc) is 2.56. The summed E-state index contributed by atoms with van der Waals surface area (Å²) in [4.78, 5) is 1.62. The minimum Gasteiger partial charge on any atom is -0.370 e. The number of rotatable bonds is 6. The highest BCUT2D eigenvalue weighted by molar-refractivity contribution is 7.80. The summed E-state index contributed by atoms with van der Waals surface area (Å²) in [5, 5.41) is 7.98. The Morgan fingerprint density at radius 2 is 2.13 bits per heavy atom. The fourth-order valence-corrected chi connectivity index (χ4v) is 2.70. The SMILES string of the molecule is Cc1ccc(C)c(/C=N\NC(=S)NCCC[NH+]2CCOCC2)c1. The van der Waals surface area contributed by atoms with E-state index in [2.05, 4.69) is 47.9 Å². The molecule has 0 spiro atoms. The molecule has 0 aromatic heterocycles. The maximum Gasteiger partial charge on any atom is 0.186 e. The summed E-state index contributed by atoms with van der Waals surface area (Å²) in [6.45, 7) is 10.2. The predicted octanol–water partition coefficient (Wildman–Crippen LogP) is 0.407. The Balaban J connectivity index is 1.62. The van der Waals surface area contributed by atoms with Gasteiger partial charge in [0.05, 0.1) is 26.0 Å². The molecule has 3 N–H and O–H groups in total. The number of hydrogen-bond donors (Lipinski definition) is 3. The summed E-state index contributed by atoms with van der Waals surface area (Å²) in [6.07, 6.45) is 2.91. The van der Waals surface area contributed by atoms with Crippen LogP contribution in [0.5, 0.6) is 0 Å². The molecule has 5 nitrogen and oxygen atoms in total. The van der Waals surface area contributed by atoms with E-state index in [1.54, 1.807) is 4.90 Å². The molecular weight excluding hydrogens is 308 g/mol. The number of hydrogen-bond acceptors (Lipinski definition) is 3. The maximum atomic E-state index is 5.36. The first-order chi connectivity index (χ1) is 11.1. The Labute approximate surface area is 144 Å². The van der Waals surface area contributed by atoms with Gasteiger partial charge >= 0.3 is 0 Å². The molecular formula is C17H27N4OS+. The first-order valence-corrected chi connectivity index (χ1v) is 8.61. The van der Waals surface area contributed by atoms with Crippen molar-refractivity contribution >= 4 is 23.5 Å². The average molecular weight is 335 g/mol. The van der Waals surface area contributed by atoms with Crippen LogP contribution in [0.2, 0.25) is 0 Å². The van der Waals surface area contributed by atoms with Gasteiger partial charge in [-0.1, -0.05) is 23.8 Å². The number of thiocarbonyl (C=S) groups is 1. The van der Waals surface area contributed by atoms with Crippen molar-refractivity contribution in [1.29, 1.82) is 0 Å². The fourth-order valence-electron chi connectivity index (χ4n) is 2.55. The minimum absolute atomic E-state index is 0.573. The lowest BCUT2D eigenvalue weighted by Gasteiger charge is -2.23. The Bertz CT molecular complexity index is 541. The van der Waals surface area contributed by atoms with Crippen molar-refractivity contribution in [1.82, 2.24) is 10.7 Å². The molecule has 0 unspecified atom stereocenters. The molecule has 1 saturated heterocycles. The van der Waals surface area contributed by atoms with Gasteiger partial charge in [0.2, 0.25) is 0 Å². The largest absolute Gasteiger partial charge is 0.370 e. The van der Waals surface area contributed by atoms with Crippen molar-refractivity contribution in [2.45, 2.75) is 20.3 Å². The topological polar surface area (TPSA) is 50.1 Å². The van der Waals surface area contributed by atoms with E-state index in [1.807, 2.05) is 6.21 Å². The number of ether oxygens (including phenoxy) is 1. The lowest BCUT2D eigenvalue weighted by atomic mass is 10.1. The van der Waals surface area contributed by atoms with E-state index < -0.39 is 0 Å². The van der Waals surface area contributed by atoms with Crippen LogP contribution >= 0.6 is 12.2 Å². The highest BCUT2D eigenvalue weighted by Gasteiger charge is 2.12. The third kappa shape index (κ3) is 6.64. The van der Waals surface area contributed by atoms with Crippen molar-refractivity contribution in [2.24, 2.45) is 5.10 Å². The first kappa shape index (κ1) is 17.8. The molecule has 1 fully saturated rings. The van der Waals surface area contributed by atoms with E-state index in [4.69, 9.17) is 17.0 Å². The van der Waals surface area contributed by atoms with Crippen molar-refractivity contribution < 1.29 is 9.64 Å². The number of benzene rings is 1. The van der Waals surface area contributed by atoms with Crippen molar-refractivity contribution in [3.05, 3.63) is 34.9 Å². The number of nitrogens with zero attached hydrogens (tertiary/aromatic N) is 1. The third-order valence-electron chi connectivity index (χ3n) is 4.00. The number of nitrogens with one attached hydrogen (secondary N) is 3. The normalized spacial score (nSPS) is 15.7. The van der Waals surface area contributed by atoms with Gasteiger partial charge in [-0.05, 0) is 37.2 Å². The van der Waals surface area contributed by atoms with E-state index in [1.165, 1.54) is 11.1 Å². The fraction of sp³-hybridized carbons (Fsp3) is 0.529. The Kier molecular flexibility index (Phi) is 7.45. The van der Waals surface area contributed by atoms with E-state index in [-0.39, 0.29) is 0 Å². The van der Waals surface area contributed by atoms with Crippen LogP contribution in [0.4, 0.5) is 0 Å². The lowest BCUT2D eigenvalue weighted by Crippen LogP contribution is -3.14. The van der Waals surface area contributed by atoms with Gasteiger partial charge in [-0.2, -0.15) is 5.10 Å². The van der Waals surface area contributed by atoms with Gasteiger partial charge in [0.15, 0.2) is 5.11 Å². The highest BCUT2D eigenvalue weighted by atomic mass is 32.1. The highest BCUT2D eigenvalue weighted by Crippen LogP contribution is 2.07. The summed E-state index contributed by atoms with van der Waals surface area (Å²) >= 11 is 5.24. The van der Waals surface area contributed by atoms with Crippen LogP contribution in [0.25, 0.3) is 0 Å². The summed E-state index contributed by atoms with van der Waals surface area (Å²) < 4.78 is 5.36. The Morgan fingerprint density at radius 3 is 2.91 bits per heavy atom. The standard InChI is InChI=1S/C17H26N4OS/c1-14-4-5-15(2)16(12-14)13-19-20-17(23)18-6-3-7-21-8-10-22-11-9-21/h4-5,12-13H,3,6-11H2,1-2H3,(H2,18,20,23)/p+1/b19-13-. The molecule has 126 valence electrons. The molecule has 0 bridgehead atoms. The number of morpholine rings is 1. The molecule has 0 aliphatic carbocycles. The molecule has 0 atom stereocenters. The molecule has 23 heavy (non-hydrogen) atoms. The molecule has 6 heteroatoms. The molecule has 1 aromatic carbocycles. The minimum atomic E-state index is 0.573.